The van der Waals surface area contributed by atoms with E-state index >= 15 is 0 Å². The Kier molecular flexibility index (Phi) is 2.93. The maximum absolute atomic E-state index is 11.4. The lowest BCUT2D eigenvalue weighted by Gasteiger charge is -2.22. The van der Waals surface area contributed by atoms with Crippen molar-refractivity contribution in [2.24, 2.45) is 11.1 Å². The largest absolute Gasteiger partial charge is 0.330 e. The molecule has 0 aromatic carbocycles. The Balaban J connectivity index is 2.92. The quantitative estimate of drug-likeness (QED) is 0.797. The molecular weight excluding hydrogens is 184 g/mol. The summed E-state index contributed by atoms with van der Waals surface area (Å²) in [7, 11) is 0. The summed E-state index contributed by atoms with van der Waals surface area (Å²) in [6.07, 6.45) is 0. The van der Waals surface area contributed by atoms with E-state index in [4.69, 9.17) is 5.73 Å². The molecule has 0 atom stereocenters. The molecule has 0 unspecified atom stereocenters. The molecule has 0 saturated heterocycles. The number of nitrogens with two attached hydrogens (primary N) is 1. The lowest BCUT2D eigenvalue weighted by Crippen LogP contribution is -2.32. The Labute approximate surface area is 82.2 Å². The number of nitrogens with zero attached hydrogens (tertiary/aromatic N) is 1. The number of thiazole rings is 1. The highest BCUT2D eigenvalue weighted by atomic mass is 32.1. The molecule has 2 N–H and O–H groups in total. The summed E-state index contributed by atoms with van der Waals surface area (Å²) in [5.74, 6) is 0. The number of hydrogen-bond acceptors (Lipinski definition) is 3. The van der Waals surface area contributed by atoms with Gasteiger partial charge in [-0.1, -0.05) is 25.2 Å². The van der Waals surface area contributed by atoms with E-state index in [1.807, 2.05) is 12.3 Å². The van der Waals surface area contributed by atoms with Crippen molar-refractivity contribution in [3.63, 3.8) is 0 Å². The molecule has 0 saturated carbocycles. The minimum Gasteiger partial charge on any atom is -0.330 e. The first kappa shape index (κ1) is 10.5. The van der Waals surface area contributed by atoms with Crippen molar-refractivity contribution in [1.82, 2.24) is 4.57 Å². The average Bonchev–Trinajstić information content (AvgIpc) is 2.36. The molecule has 1 aromatic heterocycles. The van der Waals surface area contributed by atoms with E-state index in [2.05, 4.69) is 13.8 Å². The van der Waals surface area contributed by atoms with Gasteiger partial charge in [-0.3, -0.25) is 4.79 Å². The normalized spacial score (nSPS) is 12.0. The predicted octanol–water partition coefficient (Wildman–Crippen LogP) is 1.20. The van der Waals surface area contributed by atoms with Crippen molar-refractivity contribution in [2.75, 3.05) is 6.54 Å². The lowest BCUT2D eigenvalue weighted by atomic mass is 9.94. The van der Waals surface area contributed by atoms with E-state index in [1.165, 1.54) is 11.3 Å². The van der Waals surface area contributed by atoms with Gasteiger partial charge in [0.05, 0.1) is 0 Å². The SMILES string of the molecule is Cc1csc(=O)n1CC(C)(C)CN. The average molecular weight is 200 g/mol. The Morgan fingerprint density at radius 1 is 1.62 bits per heavy atom. The molecule has 0 aliphatic rings. The minimum absolute atomic E-state index is 0.00431. The van der Waals surface area contributed by atoms with Crippen LogP contribution in [0.25, 0.3) is 0 Å². The molecule has 1 heterocycles. The highest BCUT2D eigenvalue weighted by molar-refractivity contribution is 7.07. The van der Waals surface area contributed by atoms with Crippen LogP contribution in [-0.2, 0) is 6.54 Å². The van der Waals surface area contributed by atoms with Crippen LogP contribution in [0.1, 0.15) is 19.5 Å². The van der Waals surface area contributed by atoms with Gasteiger partial charge >= 0.3 is 4.87 Å². The lowest BCUT2D eigenvalue weighted by molar-refractivity contribution is 0.312. The molecule has 0 aliphatic carbocycles. The first-order valence-corrected chi connectivity index (χ1v) is 5.19. The molecule has 1 rings (SSSR count). The predicted molar refractivity (Wildman–Crippen MR) is 56.2 cm³/mol. The van der Waals surface area contributed by atoms with Crippen molar-refractivity contribution in [3.05, 3.63) is 20.7 Å². The van der Waals surface area contributed by atoms with Crippen LogP contribution in [0.15, 0.2) is 10.2 Å². The zero-order valence-corrected chi connectivity index (χ0v) is 9.15. The molecule has 74 valence electrons. The minimum atomic E-state index is -0.00431. The summed E-state index contributed by atoms with van der Waals surface area (Å²) in [4.78, 5) is 11.5. The Hall–Kier alpha value is -0.610. The fourth-order valence-electron chi connectivity index (χ4n) is 1.09. The van der Waals surface area contributed by atoms with E-state index in [1.54, 1.807) is 4.57 Å². The summed E-state index contributed by atoms with van der Waals surface area (Å²) in [6, 6.07) is 0. The Bertz CT molecular complexity index is 338. The fourth-order valence-corrected chi connectivity index (χ4v) is 1.82. The van der Waals surface area contributed by atoms with E-state index in [-0.39, 0.29) is 10.3 Å². The molecule has 0 aliphatic heterocycles. The second-order valence-corrected chi connectivity index (χ2v) is 4.92. The van der Waals surface area contributed by atoms with Gasteiger partial charge in [-0.2, -0.15) is 0 Å². The molecule has 0 spiro atoms. The van der Waals surface area contributed by atoms with Gasteiger partial charge in [-0.05, 0) is 18.9 Å². The molecule has 0 fully saturated rings. The van der Waals surface area contributed by atoms with Crippen LogP contribution < -0.4 is 10.6 Å². The van der Waals surface area contributed by atoms with E-state index in [0.29, 0.717) is 13.1 Å². The van der Waals surface area contributed by atoms with Crippen LogP contribution in [0.4, 0.5) is 0 Å². The van der Waals surface area contributed by atoms with Crippen molar-refractivity contribution in [3.8, 4) is 0 Å². The second kappa shape index (κ2) is 3.64. The number of aryl methyl sites for hydroxylation is 1. The van der Waals surface area contributed by atoms with Gasteiger partial charge in [-0.15, -0.1) is 0 Å². The molecule has 0 radical (unpaired) electrons. The summed E-state index contributed by atoms with van der Waals surface area (Å²) < 4.78 is 1.79. The molecule has 3 nitrogen and oxygen atoms in total. The molecule has 4 heteroatoms. The molecule has 0 bridgehead atoms. The van der Waals surface area contributed by atoms with Crippen molar-refractivity contribution < 1.29 is 0 Å². The Morgan fingerprint density at radius 3 is 2.62 bits per heavy atom. The standard InChI is InChI=1S/C9H16N2OS/c1-7-4-13-8(12)11(7)6-9(2,3)5-10/h4H,5-6,10H2,1-3H3. The highest BCUT2D eigenvalue weighted by Crippen LogP contribution is 2.16. The molecule has 1 aromatic rings. The zero-order chi connectivity index (χ0) is 10.1. The first-order valence-electron chi connectivity index (χ1n) is 4.31. The van der Waals surface area contributed by atoms with Crippen LogP contribution in [-0.4, -0.2) is 11.1 Å². The molecular formula is C9H16N2OS. The third-order valence-electron chi connectivity index (χ3n) is 2.12. The van der Waals surface area contributed by atoms with Gasteiger partial charge < -0.3 is 10.3 Å². The van der Waals surface area contributed by atoms with Gasteiger partial charge in [0.2, 0.25) is 0 Å². The maximum atomic E-state index is 11.4. The smallest absolute Gasteiger partial charge is 0.307 e. The second-order valence-electron chi connectivity index (χ2n) is 4.10. The Morgan fingerprint density at radius 2 is 2.23 bits per heavy atom. The van der Waals surface area contributed by atoms with Gasteiger partial charge in [0.15, 0.2) is 0 Å². The monoisotopic (exact) mass is 200 g/mol. The van der Waals surface area contributed by atoms with Crippen LogP contribution in [0.2, 0.25) is 0 Å². The highest BCUT2D eigenvalue weighted by Gasteiger charge is 2.18. The van der Waals surface area contributed by atoms with Crippen LogP contribution in [0.3, 0.4) is 0 Å². The van der Waals surface area contributed by atoms with Gasteiger partial charge in [0.25, 0.3) is 0 Å². The number of aromatic nitrogens is 1. The van der Waals surface area contributed by atoms with E-state index < -0.39 is 0 Å². The van der Waals surface area contributed by atoms with Crippen molar-refractivity contribution >= 4 is 11.3 Å². The summed E-state index contributed by atoms with van der Waals surface area (Å²) in [5.41, 5.74) is 6.63. The van der Waals surface area contributed by atoms with Gasteiger partial charge in [-0.25, -0.2) is 0 Å². The van der Waals surface area contributed by atoms with Crippen LogP contribution in [0.5, 0.6) is 0 Å². The third kappa shape index (κ3) is 2.42. The summed E-state index contributed by atoms with van der Waals surface area (Å²) >= 11 is 1.25. The zero-order valence-electron chi connectivity index (χ0n) is 8.33. The number of rotatable bonds is 3. The van der Waals surface area contributed by atoms with Crippen LogP contribution in [0, 0.1) is 12.3 Å². The fraction of sp³-hybridized carbons (Fsp3) is 0.667. The van der Waals surface area contributed by atoms with E-state index in [9.17, 15) is 4.79 Å². The third-order valence-corrected chi connectivity index (χ3v) is 3.00. The maximum Gasteiger partial charge on any atom is 0.307 e. The van der Waals surface area contributed by atoms with Gasteiger partial charge in [0.1, 0.15) is 0 Å². The summed E-state index contributed by atoms with van der Waals surface area (Å²) in [6.45, 7) is 7.38. The van der Waals surface area contributed by atoms with E-state index in [0.717, 1.165) is 5.69 Å². The van der Waals surface area contributed by atoms with Gasteiger partial charge in [0, 0.05) is 17.6 Å². The molecule has 13 heavy (non-hydrogen) atoms. The first-order chi connectivity index (χ1) is 5.96. The number of hydrogen-bond donors (Lipinski definition) is 1. The molecule has 0 amide bonds. The van der Waals surface area contributed by atoms with Crippen LogP contribution >= 0.6 is 11.3 Å². The summed E-state index contributed by atoms with van der Waals surface area (Å²) in [5, 5.41) is 1.88. The van der Waals surface area contributed by atoms with Crippen molar-refractivity contribution in [2.45, 2.75) is 27.3 Å². The van der Waals surface area contributed by atoms with Crippen molar-refractivity contribution in [1.29, 1.82) is 0 Å². The topological polar surface area (TPSA) is 48.0 Å².